The molecule has 2 N–H and O–H groups in total. The highest BCUT2D eigenvalue weighted by atomic mass is 35.5. The van der Waals surface area contributed by atoms with Crippen LogP contribution in [0.2, 0.25) is 5.02 Å². The van der Waals surface area contributed by atoms with Crippen LogP contribution in [0.15, 0.2) is 48.5 Å². The van der Waals surface area contributed by atoms with Gasteiger partial charge in [-0.15, -0.1) is 18.3 Å². The summed E-state index contributed by atoms with van der Waals surface area (Å²) in [5.74, 6) is -2.28. The van der Waals surface area contributed by atoms with Crippen LogP contribution in [0, 0.1) is 11.7 Å². The number of alkyl halides is 3. The number of hydrogen-bond acceptors (Lipinski definition) is 4. The normalized spacial score (nSPS) is 15.9. The zero-order valence-electron chi connectivity index (χ0n) is 16.6. The van der Waals surface area contributed by atoms with Gasteiger partial charge >= 0.3 is 6.36 Å². The Hall–Kier alpha value is -3.60. The molecule has 4 rings (SSSR count). The van der Waals surface area contributed by atoms with Crippen molar-refractivity contribution in [3.8, 4) is 22.7 Å². The Morgan fingerprint density at radius 3 is 2.67 bits per heavy atom. The number of ether oxygens (including phenoxy) is 1. The summed E-state index contributed by atoms with van der Waals surface area (Å²) in [6, 6.07) is 10.1. The lowest BCUT2D eigenvalue weighted by Gasteiger charge is -2.12. The van der Waals surface area contributed by atoms with Crippen LogP contribution in [0.3, 0.4) is 0 Å². The summed E-state index contributed by atoms with van der Waals surface area (Å²) in [6.07, 6.45) is -4.86. The number of halogens is 5. The number of carbonyl (C=O) groups is 2. The number of amides is 2. The Kier molecular flexibility index (Phi) is 5.98. The summed E-state index contributed by atoms with van der Waals surface area (Å²) in [4.78, 5) is 23.9. The van der Waals surface area contributed by atoms with Crippen LogP contribution in [0.5, 0.6) is 5.75 Å². The third-order valence-corrected chi connectivity index (χ3v) is 5.11. The molecule has 2 amide bonds. The number of aromatic nitrogens is 2. The topological polar surface area (TPSA) is 85.2 Å². The van der Waals surface area contributed by atoms with Crippen LogP contribution >= 0.6 is 11.6 Å². The third kappa shape index (κ3) is 5.25. The molecular weight excluding hydrogens is 468 g/mol. The highest BCUT2D eigenvalue weighted by Gasteiger charge is 2.31. The van der Waals surface area contributed by atoms with Gasteiger partial charge in [0.25, 0.3) is 0 Å². The molecule has 0 bridgehead atoms. The molecule has 172 valence electrons. The number of hydrogen-bond donors (Lipinski definition) is 2. The summed E-state index contributed by atoms with van der Waals surface area (Å²) in [5.41, 5.74) is 0.753. The van der Waals surface area contributed by atoms with Crippen molar-refractivity contribution in [1.29, 1.82) is 0 Å². The molecule has 1 aromatic heterocycles. The van der Waals surface area contributed by atoms with E-state index in [4.69, 9.17) is 11.6 Å². The summed E-state index contributed by atoms with van der Waals surface area (Å²) in [5, 5.41) is 9.44. The first-order chi connectivity index (χ1) is 15.6. The van der Waals surface area contributed by atoms with E-state index in [0.29, 0.717) is 0 Å². The molecule has 33 heavy (non-hydrogen) atoms. The van der Waals surface area contributed by atoms with Crippen LogP contribution in [0.1, 0.15) is 6.42 Å². The van der Waals surface area contributed by atoms with Crippen LogP contribution in [0.4, 0.5) is 23.4 Å². The van der Waals surface area contributed by atoms with Gasteiger partial charge in [-0.25, -0.2) is 9.07 Å². The van der Waals surface area contributed by atoms with E-state index in [2.05, 4.69) is 20.5 Å². The van der Waals surface area contributed by atoms with Crippen molar-refractivity contribution in [1.82, 2.24) is 15.1 Å². The van der Waals surface area contributed by atoms with Crippen molar-refractivity contribution in [2.75, 3.05) is 11.9 Å². The fourth-order valence-corrected chi connectivity index (χ4v) is 3.60. The van der Waals surface area contributed by atoms with Gasteiger partial charge in [-0.3, -0.25) is 9.59 Å². The van der Waals surface area contributed by atoms with Crippen molar-refractivity contribution < 1.29 is 31.9 Å². The van der Waals surface area contributed by atoms with E-state index < -0.39 is 29.8 Å². The lowest BCUT2D eigenvalue weighted by Crippen LogP contribution is -2.24. The number of nitrogens with zero attached hydrogens (tertiary/aromatic N) is 2. The highest BCUT2D eigenvalue weighted by molar-refractivity contribution is 6.32. The molecule has 0 unspecified atom stereocenters. The molecule has 0 saturated carbocycles. The molecule has 1 aliphatic heterocycles. The molecular formula is C21H15ClF4N4O3. The van der Waals surface area contributed by atoms with Crippen LogP contribution in [0.25, 0.3) is 16.9 Å². The van der Waals surface area contributed by atoms with Crippen molar-refractivity contribution in [3.05, 3.63) is 59.4 Å². The minimum absolute atomic E-state index is 0.00878. The largest absolute Gasteiger partial charge is 0.573 e. The maximum atomic E-state index is 13.6. The van der Waals surface area contributed by atoms with Gasteiger partial charge in [0.15, 0.2) is 5.82 Å². The van der Waals surface area contributed by atoms with E-state index in [-0.39, 0.29) is 46.7 Å². The Balaban J connectivity index is 1.74. The number of nitrogens with one attached hydrogen (secondary N) is 2. The maximum absolute atomic E-state index is 13.6. The lowest BCUT2D eigenvalue weighted by molar-refractivity contribution is -0.274. The quantitative estimate of drug-likeness (QED) is 0.531. The van der Waals surface area contributed by atoms with Gasteiger partial charge < -0.3 is 15.4 Å². The molecule has 1 atom stereocenters. The van der Waals surface area contributed by atoms with E-state index in [1.165, 1.54) is 28.9 Å². The molecule has 2 aromatic carbocycles. The number of anilines is 1. The third-order valence-electron chi connectivity index (χ3n) is 4.81. The lowest BCUT2D eigenvalue weighted by atomic mass is 10.1. The average molecular weight is 483 g/mol. The molecule has 0 radical (unpaired) electrons. The molecule has 2 heterocycles. The molecule has 0 spiro atoms. The van der Waals surface area contributed by atoms with Gasteiger partial charge in [0.2, 0.25) is 11.8 Å². The predicted octanol–water partition coefficient (Wildman–Crippen LogP) is 4.31. The Bertz CT molecular complexity index is 1230. The standard InChI is InChI=1S/C21H15ClF4N4O3/c22-15-8-13(23)4-5-16(15)30-17(11-2-1-3-14(6-11)33-21(24,25)26)9-18(29-30)28-20(32)12-7-19(31)27-10-12/h1-6,8-9,12H,7,10H2,(H,27,31)(H,28,29,32)/t12-/m1/s1. The van der Waals surface area contributed by atoms with E-state index in [1.807, 2.05) is 0 Å². The van der Waals surface area contributed by atoms with Crippen LogP contribution in [-0.2, 0) is 9.59 Å². The smallest absolute Gasteiger partial charge is 0.406 e. The minimum atomic E-state index is -4.88. The number of benzene rings is 2. The Labute approximate surface area is 189 Å². The highest BCUT2D eigenvalue weighted by Crippen LogP contribution is 2.33. The molecule has 1 aliphatic rings. The van der Waals surface area contributed by atoms with Crippen molar-refractivity contribution >= 4 is 29.2 Å². The monoisotopic (exact) mass is 482 g/mol. The second-order valence-corrected chi connectivity index (χ2v) is 7.60. The predicted molar refractivity (Wildman–Crippen MR) is 110 cm³/mol. The first-order valence-electron chi connectivity index (χ1n) is 9.58. The molecule has 12 heteroatoms. The second kappa shape index (κ2) is 8.74. The fraction of sp³-hybridized carbons (Fsp3) is 0.190. The SMILES string of the molecule is O=C1C[C@@H](C(=O)Nc2cc(-c3cccc(OC(F)(F)F)c3)n(-c3ccc(F)cc3Cl)n2)CN1. The fourth-order valence-electron chi connectivity index (χ4n) is 3.36. The van der Waals surface area contributed by atoms with E-state index in [9.17, 15) is 27.2 Å². The summed E-state index contributed by atoms with van der Waals surface area (Å²) in [6.45, 7) is 0.179. The Morgan fingerprint density at radius 1 is 1.21 bits per heavy atom. The van der Waals surface area contributed by atoms with Gasteiger partial charge in [-0.05, 0) is 30.3 Å². The van der Waals surface area contributed by atoms with Gasteiger partial charge in [0.1, 0.15) is 11.6 Å². The maximum Gasteiger partial charge on any atom is 0.573 e. The molecule has 3 aromatic rings. The second-order valence-electron chi connectivity index (χ2n) is 7.19. The molecule has 0 aliphatic carbocycles. The average Bonchev–Trinajstić information content (AvgIpc) is 3.33. The molecule has 1 saturated heterocycles. The van der Waals surface area contributed by atoms with Crippen LogP contribution in [-0.4, -0.2) is 34.5 Å². The summed E-state index contributed by atoms with van der Waals surface area (Å²) >= 11 is 6.17. The minimum Gasteiger partial charge on any atom is -0.406 e. The van der Waals surface area contributed by atoms with E-state index in [1.54, 1.807) is 0 Å². The summed E-state index contributed by atoms with van der Waals surface area (Å²) < 4.78 is 56.8. The summed E-state index contributed by atoms with van der Waals surface area (Å²) in [7, 11) is 0. The van der Waals surface area contributed by atoms with Gasteiger partial charge in [-0.2, -0.15) is 0 Å². The zero-order chi connectivity index (χ0) is 23.8. The van der Waals surface area contributed by atoms with Gasteiger partial charge in [0.05, 0.1) is 22.3 Å². The zero-order valence-corrected chi connectivity index (χ0v) is 17.4. The van der Waals surface area contributed by atoms with Crippen molar-refractivity contribution in [2.45, 2.75) is 12.8 Å². The van der Waals surface area contributed by atoms with Gasteiger partial charge in [0, 0.05) is 24.6 Å². The van der Waals surface area contributed by atoms with E-state index in [0.717, 1.165) is 24.3 Å². The van der Waals surface area contributed by atoms with Crippen molar-refractivity contribution in [2.24, 2.45) is 5.92 Å². The first kappa shape index (κ1) is 22.6. The van der Waals surface area contributed by atoms with Crippen molar-refractivity contribution in [3.63, 3.8) is 0 Å². The molecule has 7 nitrogen and oxygen atoms in total. The van der Waals surface area contributed by atoms with E-state index >= 15 is 0 Å². The number of carbonyl (C=O) groups excluding carboxylic acids is 2. The van der Waals surface area contributed by atoms with Crippen LogP contribution < -0.4 is 15.4 Å². The molecule has 1 fully saturated rings. The Morgan fingerprint density at radius 2 is 2.00 bits per heavy atom. The van der Waals surface area contributed by atoms with Gasteiger partial charge in [-0.1, -0.05) is 23.7 Å². The number of rotatable bonds is 5. The first-order valence-corrected chi connectivity index (χ1v) is 9.96.